The van der Waals surface area contributed by atoms with Crippen LogP contribution in [0.2, 0.25) is 0 Å². The predicted octanol–water partition coefficient (Wildman–Crippen LogP) is 1.71. The molecular weight excluding hydrogens is 246 g/mol. The largest absolute Gasteiger partial charge is 0.480 e. The lowest BCUT2D eigenvalue weighted by atomic mass is 10.3. The maximum atomic E-state index is 11.6. The first-order chi connectivity index (χ1) is 7.68. The number of thiophene rings is 1. The summed E-state index contributed by atoms with van der Waals surface area (Å²) in [5.74, 6) is -0.844. The summed E-state index contributed by atoms with van der Waals surface area (Å²) >= 11 is 2.89. The lowest BCUT2D eigenvalue weighted by Crippen LogP contribution is -2.36. The molecule has 2 rings (SSSR count). The van der Waals surface area contributed by atoms with E-state index in [1.165, 1.54) is 28.0 Å². The van der Waals surface area contributed by atoms with Gasteiger partial charge in [-0.15, -0.1) is 23.1 Å². The predicted molar refractivity (Wildman–Crippen MR) is 64.1 cm³/mol. The van der Waals surface area contributed by atoms with Crippen LogP contribution in [-0.4, -0.2) is 34.2 Å². The minimum atomic E-state index is -0.997. The average molecular weight is 255 g/mol. The molecule has 0 saturated carbocycles. The molecule has 1 aliphatic heterocycles. The van der Waals surface area contributed by atoms with Crippen LogP contribution in [0.3, 0.4) is 0 Å². The van der Waals surface area contributed by atoms with Gasteiger partial charge in [-0.3, -0.25) is 14.5 Å². The van der Waals surface area contributed by atoms with Crippen molar-refractivity contribution >= 4 is 40.7 Å². The van der Waals surface area contributed by atoms with Gasteiger partial charge in [0, 0.05) is 0 Å². The van der Waals surface area contributed by atoms with E-state index >= 15 is 0 Å². The third-order valence-corrected chi connectivity index (χ3v) is 3.76. The minimum absolute atomic E-state index is 0.154. The topological polar surface area (TPSA) is 57.6 Å². The Morgan fingerprint density at radius 3 is 3.00 bits per heavy atom. The van der Waals surface area contributed by atoms with Gasteiger partial charge in [-0.2, -0.15) is 0 Å². The number of rotatable bonds is 3. The molecule has 1 aromatic heterocycles. The van der Waals surface area contributed by atoms with Gasteiger partial charge in [-0.05, 0) is 16.9 Å². The van der Waals surface area contributed by atoms with Gasteiger partial charge in [-0.25, -0.2) is 0 Å². The number of aliphatic carboxylic acids is 1. The summed E-state index contributed by atoms with van der Waals surface area (Å²) < 4.78 is 0. The van der Waals surface area contributed by atoms with Gasteiger partial charge in [-0.1, -0.05) is 6.07 Å². The van der Waals surface area contributed by atoms with Crippen LogP contribution < -0.4 is 0 Å². The molecule has 0 spiro atoms. The Labute approximate surface area is 101 Å². The number of carboxylic acid groups (broad SMARTS) is 1. The molecule has 0 radical (unpaired) electrons. The molecule has 84 valence electrons. The number of carbonyl (C=O) groups excluding carboxylic acids is 1. The summed E-state index contributed by atoms with van der Waals surface area (Å²) in [6, 6.07) is 3.76. The third-order valence-electron chi connectivity index (χ3n) is 2.06. The number of amides is 1. The van der Waals surface area contributed by atoms with Crippen molar-refractivity contribution in [3.05, 3.63) is 27.8 Å². The van der Waals surface area contributed by atoms with Crippen LogP contribution in [-0.2, 0) is 9.59 Å². The highest BCUT2D eigenvalue weighted by molar-refractivity contribution is 8.03. The third kappa shape index (κ3) is 2.28. The Morgan fingerprint density at radius 2 is 2.38 bits per heavy atom. The summed E-state index contributed by atoms with van der Waals surface area (Å²) in [5, 5.41) is 12.5. The first kappa shape index (κ1) is 11.2. The molecule has 1 amide bonds. The second-order valence-corrected chi connectivity index (χ2v) is 4.97. The number of thioether (sulfide) groups is 1. The fraction of sp³-hybridized carbons (Fsp3) is 0.200. The summed E-state index contributed by atoms with van der Waals surface area (Å²) in [5.41, 5.74) is 0.693. The van der Waals surface area contributed by atoms with E-state index in [1.807, 2.05) is 22.9 Å². The van der Waals surface area contributed by atoms with Crippen LogP contribution in [0.4, 0.5) is 0 Å². The fourth-order valence-corrected chi connectivity index (χ4v) is 3.01. The number of hydrogen-bond acceptors (Lipinski definition) is 4. The van der Waals surface area contributed by atoms with E-state index in [4.69, 9.17) is 5.11 Å². The lowest BCUT2D eigenvalue weighted by molar-refractivity contribution is -0.141. The van der Waals surface area contributed by atoms with Crippen molar-refractivity contribution in [2.75, 3.05) is 12.3 Å². The Balaban J connectivity index is 2.30. The van der Waals surface area contributed by atoms with Crippen LogP contribution in [0.15, 0.2) is 22.9 Å². The molecule has 6 heteroatoms. The van der Waals surface area contributed by atoms with Gasteiger partial charge in [0.2, 0.25) is 5.91 Å². The van der Waals surface area contributed by atoms with Crippen molar-refractivity contribution in [2.45, 2.75) is 0 Å². The molecule has 0 saturated heterocycles. The van der Waals surface area contributed by atoms with Gasteiger partial charge in [0.05, 0.1) is 16.3 Å². The average Bonchev–Trinajstić information content (AvgIpc) is 2.73. The van der Waals surface area contributed by atoms with E-state index in [0.29, 0.717) is 11.4 Å². The highest BCUT2D eigenvalue weighted by Gasteiger charge is 2.25. The Morgan fingerprint density at radius 1 is 1.56 bits per heavy atom. The molecule has 16 heavy (non-hydrogen) atoms. The van der Waals surface area contributed by atoms with Gasteiger partial charge in [0.15, 0.2) is 0 Å². The summed E-state index contributed by atoms with van der Waals surface area (Å²) in [4.78, 5) is 24.6. The summed E-state index contributed by atoms with van der Waals surface area (Å²) in [6.45, 7) is -0.275. The van der Waals surface area contributed by atoms with Crippen LogP contribution in [0.5, 0.6) is 0 Å². The van der Waals surface area contributed by atoms with E-state index in [9.17, 15) is 9.59 Å². The summed E-state index contributed by atoms with van der Waals surface area (Å²) in [7, 11) is 0. The maximum Gasteiger partial charge on any atom is 0.323 e. The Bertz CT molecular complexity index is 439. The molecule has 0 aromatic carbocycles. The van der Waals surface area contributed by atoms with Crippen molar-refractivity contribution in [2.24, 2.45) is 0 Å². The van der Waals surface area contributed by atoms with Crippen molar-refractivity contribution in [1.29, 1.82) is 0 Å². The van der Waals surface area contributed by atoms with Gasteiger partial charge in [0.1, 0.15) is 6.54 Å². The molecule has 0 fully saturated rings. The van der Waals surface area contributed by atoms with Gasteiger partial charge in [0.25, 0.3) is 0 Å². The zero-order valence-corrected chi connectivity index (χ0v) is 9.88. The minimum Gasteiger partial charge on any atom is -0.480 e. The van der Waals surface area contributed by atoms with Gasteiger partial charge >= 0.3 is 5.97 Å². The molecule has 1 aliphatic rings. The SMILES string of the molecule is O=C(O)CN1C(=O)CSC=C1c1cccs1. The zero-order chi connectivity index (χ0) is 11.5. The highest BCUT2D eigenvalue weighted by atomic mass is 32.2. The van der Waals surface area contributed by atoms with Crippen LogP contribution in [0.25, 0.3) is 5.70 Å². The number of carboxylic acids is 1. The molecule has 1 N–H and O–H groups in total. The second kappa shape index (κ2) is 4.71. The zero-order valence-electron chi connectivity index (χ0n) is 8.25. The van der Waals surface area contributed by atoms with E-state index < -0.39 is 5.97 Å². The van der Waals surface area contributed by atoms with Crippen LogP contribution in [0, 0.1) is 0 Å². The molecule has 0 aliphatic carbocycles. The van der Waals surface area contributed by atoms with Gasteiger partial charge < -0.3 is 5.11 Å². The first-order valence-corrected chi connectivity index (χ1v) is 6.49. The number of carbonyl (C=O) groups is 2. The lowest BCUT2D eigenvalue weighted by Gasteiger charge is -2.26. The number of hydrogen-bond donors (Lipinski definition) is 1. The van der Waals surface area contributed by atoms with Crippen LogP contribution in [0.1, 0.15) is 4.88 Å². The molecule has 0 atom stereocenters. The number of nitrogens with zero attached hydrogens (tertiary/aromatic N) is 1. The monoisotopic (exact) mass is 255 g/mol. The van der Waals surface area contributed by atoms with E-state index in [1.54, 1.807) is 0 Å². The quantitative estimate of drug-likeness (QED) is 0.893. The second-order valence-electron chi connectivity index (χ2n) is 3.17. The summed E-state index contributed by atoms with van der Waals surface area (Å²) in [6.07, 6.45) is 0. The first-order valence-electron chi connectivity index (χ1n) is 4.56. The Kier molecular flexibility index (Phi) is 3.31. The molecule has 2 heterocycles. The fourth-order valence-electron chi connectivity index (χ4n) is 1.39. The van der Waals surface area contributed by atoms with Crippen molar-refractivity contribution in [3.63, 3.8) is 0 Å². The van der Waals surface area contributed by atoms with Crippen molar-refractivity contribution < 1.29 is 14.7 Å². The van der Waals surface area contributed by atoms with E-state index in [-0.39, 0.29) is 12.5 Å². The molecule has 0 unspecified atom stereocenters. The van der Waals surface area contributed by atoms with E-state index in [0.717, 1.165) is 4.88 Å². The normalized spacial score (nSPS) is 16.1. The van der Waals surface area contributed by atoms with Crippen molar-refractivity contribution in [1.82, 2.24) is 4.90 Å². The van der Waals surface area contributed by atoms with Crippen molar-refractivity contribution in [3.8, 4) is 0 Å². The molecular formula is C10H9NO3S2. The maximum absolute atomic E-state index is 11.6. The molecule has 0 bridgehead atoms. The molecule has 4 nitrogen and oxygen atoms in total. The smallest absolute Gasteiger partial charge is 0.323 e. The van der Waals surface area contributed by atoms with Crippen LogP contribution >= 0.6 is 23.1 Å². The standard InChI is InChI=1S/C10H9NO3S2/c12-9-6-15-5-7(8-2-1-3-16-8)11(9)4-10(13)14/h1-3,5H,4,6H2,(H,13,14). The molecule has 1 aromatic rings. The Hall–Kier alpha value is -1.27. The van der Waals surface area contributed by atoms with E-state index in [2.05, 4.69) is 0 Å². The highest BCUT2D eigenvalue weighted by Crippen LogP contribution is 2.30.